The highest BCUT2D eigenvalue weighted by molar-refractivity contribution is 5.93. The summed E-state index contributed by atoms with van der Waals surface area (Å²) >= 11 is 0. The van der Waals surface area contributed by atoms with Crippen LogP contribution in [0.4, 0.5) is 0 Å². The van der Waals surface area contributed by atoms with Gasteiger partial charge in [-0.1, -0.05) is 13.0 Å². The normalized spacial score (nSPS) is 11.2. The highest BCUT2D eigenvalue weighted by atomic mass is 16.4. The van der Waals surface area contributed by atoms with Crippen LogP contribution in [0, 0.1) is 0 Å². The molecule has 3 heterocycles. The predicted molar refractivity (Wildman–Crippen MR) is 74.2 cm³/mol. The van der Waals surface area contributed by atoms with Crippen LogP contribution in [0.3, 0.4) is 0 Å². The van der Waals surface area contributed by atoms with Crippen molar-refractivity contribution in [3.8, 4) is 0 Å². The van der Waals surface area contributed by atoms with Gasteiger partial charge in [0, 0.05) is 12.7 Å². The van der Waals surface area contributed by atoms with Gasteiger partial charge in [0.05, 0.1) is 5.39 Å². The van der Waals surface area contributed by atoms with Gasteiger partial charge in [-0.3, -0.25) is 9.20 Å². The molecule has 3 aromatic rings. The zero-order valence-electron chi connectivity index (χ0n) is 10.9. The Hall–Kier alpha value is -2.63. The molecule has 0 bridgehead atoms. The summed E-state index contributed by atoms with van der Waals surface area (Å²) in [5.74, 6) is -1.05. The smallest absolute Gasteiger partial charge is 0.352 e. The topological polar surface area (TPSA) is 76.6 Å². The molecule has 0 unspecified atom stereocenters. The molecule has 0 aliphatic rings. The average Bonchev–Trinajstić information content (AvgIpc) is 2.79. The maximum absolute atomic E-state index is 12.4. The SMILES string of the molecule is CCCn1c(C(=O)O)cc2c(=O)n3ccccc3nc21. The van der Waals surface area contributed by atoms with Crippen LogP contribution in [-0.2, 0) is 6.54 Å². The number of hydrogen-bond donors (Lipinski definition) is 1. The van der Waals surface area contributed by atoms with Gasteiger partial charge >= 0.3 is 5.97 Å². The van der Waals surface area contributed by atoms with E-state index in [-0.39, 0.29) is 11.3 Å². The van der Waals surface area contributed by atoms with E-state index in [1.165, 1.54) is 10.5 Å². The number of fused-ring (bicyclic) bond motifs is 2. The van der Waals surface area contributed by atoms with E-state index in [2.05, 4.69) is 4.98 Å². The fourth-order valence-corrected chi connectivity index (χ4v) is 2.38. The van der Waals surface area contributed by atoms with Gasteiger partial charge in [-0.05, 0) is 24.6 Å². The third-order valence-corrected chi connectivity index (χ3v) is 3.24. The van der Waals surface area contributed by atoms with E-state index in [4.69, 9.17) is 0 Å². The first-order chi connectivity index (χ1) is 9.63. The monoisotopic (exact) mass is 271 g/mol. The quantitative estimate of drug-likeness (QED) is 0.787. The summed E-state index contributed by atoms with van der Waals surface area (Å²) in [5.41, 5.74) is 0.795. The fourth-order valence-electron chi connectivity index (χ4n) is 2.38. The van der Waals surface area contributed by atoms with Crippen LogP contribution < -0.4 is 5.56 Å². The van der Waals surface area contributed by atoms with Crippen molar-refractivity contribution < 1.29 is 9.90 Å². The van der Waals surface area contributed by atoms with Crippen LogP contribution in [0.2, 0.25) is 0 Å². The summed E-state index contributed by atoms with van der Waals surface area (Å²) in [4.78, 5) is 28.1. The highest BCUT2D eigenvalue weighted by Gasteiger charge is 2.18. The predicted octanol–water partition coefficient (Wildman–Crippen LogP) is 1.76. The molecule has 0 saturated carbocycles. The van der Waals surface area contributed by atoms with E-state index in [9.17, 15) is 14.7 Å². The minimum absolute atomic E-state index is 0.0994. The Morgan fingerprint density at radius 2 is 2.20 bits per heavy atom. The number of aromatic carboxylic acids is 1. The Morgan fingerprint density at radius 3 is 2.90 bits per heavy atom. The molecular weight excluding hydrogens is 258 g/mol. The molecule has 102 valence electrons. The number of carboxylic acids is 1. The molecule has 0 spiro atoms. The zero-order valence-corrected chi connectivity index (χ0v) is 10.9. The van der Waals surface area contributed by atoms with Gasteiger partial charge < -0.3 is 9.67 Å². The molecule has 6 heteroatoms. The third kappa shape index (κ3) is 1.69. The molecule has 0 saturated heterocycles. The van der Waals surface area contributed by atoms with Gasteiger partial charge in [0.15, 0.2) is 0 Å². The van der Waals surface area contributed by atoms with Crippen LogP contribution in [0.1, 0.15) is 23.8 Å². The Labute approximate surface area is 113 Å². The van der Waals surface area contributed by atoms with Crippen molar-refractivity contribution in [3.63, 3.8) is 0 Å². The lowest BCUT2D eigenvalue weighted by atomic mass is 10.3. The molecule has 1 N–H and O–H groups in total. The summed E-state index contributed by atoms with van der Waals surface area (Å²) in [6, 6.07) is 6.66. The van der Waals surface area contributed by atoms with E-state index in [0.717, 1.165) is 6.42 Å². The van der Waals surface area contributed by atoms with Crippen LogP contribution in [-0.4, -0.2) is 25.0 Å². The lowest BCUT2D eigenvalue weighted by molar-refractivity contribution is 0.0685. The van der Waals surface area contributed by atoms with Gasteiger partial charge in [0.25, 0.3) is 5.56 Å². The molecule has 3 aromatic heterocycles. The van der Waals surface area contributed by atoms with Gasteiger partial charge in [-0.2, -0.15) is 0 Å². The van der Waals surface area contributed by atoms with Gasteiger partial charge in [0.2, 0.25) is 0 Å². The van der Waals surface area contributed by atoms with E-state index < -0.39 is 5.97 Å². The van der Waals surface area contributed by atoms with Gasteiger partial charge in [-0.15, -0.1) is 0 Å². The number of pyridine rings is 1. The molecule has 0 fully saturated rings. The summed E-state index contributed by atoms with van der Waals surface area (Å²) in [6.45, 7) is 2.46. The molecular formula is C14H13N3O3. The highest BCUT2D eigenvalue weighted by Crippen LogP contribution is 2.17. The van der Waals surface area contributed by atoms with Crippen LogP contribution in [0.25, 0.3) is 16.7 Å². The zero-order chi connectivity index (χ0) is 14.3. The second-order valence-electron chi connectivity index (χ2n) is 4.57. The lowest BCUT2D eigenvalue weighted by Gasteiger charge is -2.06. The van der Waals surface area contributed by atoms with Crippen molar-refractivity contribution in [1.82, 2.24) is 14.0 Å². The van der Waals surface area contributed by atoms with Gasteiger partial charge in [-0.25, -0.2) is 9.78 Å². The van der Waals surface area contributed by atoms with E-state index in [1.807, 2.05) is 6.92 Å². The number of aryl methyl sites for hydroxylation is 1. The third-order valence-electron chi connectivity index (χ3n) is 3.24. The first-order valence-corrected chi connectivity index (χ1v) is 6.37. The second-order valence-corrected chi connectivity index (χ2v) is 4.57. The number of rotatable bonds is 3. The minimum Gasteiger partial charge on any atom is -0.477 e. The molecule has 0 aliphatic heterocycles. The van der Waals surface area contributed by atoms with E-state index >= 15 is 0 Å². The Morgan fingerprint density at radius 1 is 1.40 bits per heavy atom. The number of carboxylic acid groups (broad SMARTS) is 1. The van der Waals surface area contributed by atoms with Crippen LogP contribution in [0.5, 0.6) is 0 Å². The number of nitrogens with zero attached hydrogens (tertiary/aromatic N) is 3. The van der Waals surface area contributed by atoms with Crippen LogP contribution in [0.15, 0.2) is 35.3 Å². The van der Waals surface area contributed by atoms with E-state index in [0.29, 0.717) is 23.2 Å². The molecule has 20 heavy (non-hydrogen) atoms. The molecule has 0 aromatic carbocycles. The molecule has 6 nitrogen and oxygen atoms in total. The average molecular weight is 271 g/mol. The molecule has 3 rings (SSSR count). The summed E-state index contributed by atoms with van der Waals surface area (Å²) in [6.07, 6.45) is 2.39. The molecule has 0 aliphatic carbocycles. The molecule has 0 radical (unpaired) electrons. The second kappa shape index (κ2) is 4.48. The number of hydrogen-bond acceptors (Lipinski definition) is 3. The van der Waals surface area contributed by atoms with E-state index in [1.54, 1.807) is 29.0 Å². The Balaban J connectivity index is 2.48. The largest absolute Gasteiger partial charge is 0.477 e. The minimum atomic E-state index is -1.05. The van der Waals surface area contributed by atoms with Crippen LogP contribution >= 0.6 is 0 Å². The first kappa shape index (κ1) is 12.4. The van der Waals surface area contributed by atoms with Crippen molar-refractivity contribution in [1.29, 1.82) is 0 Å². The first-order valence-electron chi connectivity index (χ1n) is 6.37. The maximum atomic E-state index is 12.4. The molecule has 0 amide bonds. The molecule has 0 atom stereocenters. The van der Waals surface area contributed by atoms with Crippen molar-refractivity contribution in [2.45, 2.75) is 19.9 Å². The Kier molecular flexibility index (Phi) is 2.78. The standard InChI is InChI=1S/C14H13N3O3/c1-2-6-16-10(14(19)20)8-9-12(16)15-11-5-3-4-7-17(11)13(9)18/h3-5,7-8H,2,6H2,1H3,(H,19,20). The van der Waals surface area contributed by atoms with Crippen molar-refractivity contribution >= 4 is 22.6 Å². The maximum Gasteiger partial charge on any atom is 0.352 e. The lowest BCUT2D eigenvalue weighted by Crippen LogP contribution is -2.15. The summed E-state index contributed by atoms with van der Waals surface area (Å²) in [5, 5.41) is 9.60. The Bertz CT molecular complexity index is 876. The van der Waals surface area contributed by atoms with Crippen molar-refractivity contribution in [3.05, 3.63) is 46.5 Å². The fraction of sp³-hybridized carbons (Fsp3) is 0.214. The van der Waals surface area contributed by atoms with Gasteiger partial charge in [0.1, 0.15) is 17.0 Å². The van der Waals surface area contributed by atoms with Crippen molar-refractivity contribution in [2.24, 2.45) is 0 Å². The number of aromatic nitrogens is 3. The summed E-state index contributed by atoms with van der Waals surface area (Å²) < 4.78 is 3.01. The number of carbonyl (C=O) groups is 1. The summed E-state index contributed by atoms with van der Waals surface area (Å²) in [7, 11) is 0. The van der Waals surface area contributed by atoms with Crippen molar-refractivity contribution in [2.75, 3.05) is 0 Å².